The fourth-order valence-electron chi connectivity index (χ4n) is 1.87. The summed E-state index contributed by atoms with van der Waals surface area (Å²) in [5.41, 5.74) is -1.25. The molecule has 4 nitrogen and oxygen atoms in total. The van der Waals surface area contributed by atoms with Gasteiger partial charge in [-0.3, -0.25) is 4.55 Å². The van der Waals surface area contributed by atoms with Gasteiger partial charge in [0.1, 0.15) is 5.75 Å². The first-order chi connectivity index (χ1) is 9.02. The molecule has 1 radical (unpaired) electrons. The van der Waals surface area contributed by atoms with Crippen LogP contribution >= 0.6 is 0 Å². The van der Waals surface area contributed by atoms with Gasteiger partial charge in [-0.15, -0.1) is 0 Å². The number of fused-ring (bicyclic) bond motifs is 1. The zero-order chi connectivity index (χ0) is 13.9. The maximum atomic E-state index is 11.3. The van der Waals surface area contributed by atoms with Gasteiger partial charge in [0.05, 0.1) is 0 Å². The summed E-state index contributed by atoms with van der Waals surface area (Å²) in [6.07, 6.45) is 0.825. The summed E-state index contributed by atoms with van der Waals surface area (Å²) >= 11 is 0. The summed E-state index contributed by atoms with van der Waals surface area (Å²) in [5.74, 6) is 0.342. The number of hydrogen-bond donors (Lipinski definition) is 1. The smallest absolute Gasteiger partial charge is 0.303 e. The Balaban J connectivity index is 2.39. The molecular formula is C14H15O4S. The molecular weight excluding hydrogens is 264 g/mol. The summed E-state index contributed by atoms with van der Waals surface area (Å²) in [6.45, 7) is 1.83. The van der Waals surface area contributed by atoms with Crippen molar-refractivity contribution in [2.75, 3.05) is 0 Å². The molecule has 0 aliphatic heterocycles. The molecule has 0 spiro atoms. The van der Waals surface area contributed by atoms with Gasteiger partial charge in [-0.1, -0.05) is 43.7 Å². The minimum atomic E-state index is -4.24. The van der Waals surface area contributed by atoms with Crippen LogP contribution in [-0.2, 0) is 10.1 Å². The second-order valence-corrected chi connectivity index (χ2v) is 5.80. The standard InChI is InChI=1S/C14H15O4S/c1-2-6-14(19(15,16)17)18-13-10-5-8-11-7-3-4-9-12(11)13/h3-5,7-9,14H,2,6H2,1H3,(H,15,16,17). The van der Waals surface area contributed by atoms with E-state index in [9.17, 15) is 13.0 Å². The zero-order valence-electron chi connectivity index (χ0n) is 10.5. The van der Waals surface area contributed by atoms with Crippen LogP contribution in [-0.4, -0.2) is 18.4 Å². The topological polar surface area (TPSA) is 63.6 Å². The second-order valence-electron chi connectivity index (χ2n) is 4.25. The van der Waals surface area contributed by atoms with E-state index in [-0.39, 0.29) is 6.42 Å². The number of rotatable bonds is 5. The molecule has 1 N–H and O–H groups in total. The maximum absolute atomic E-state index is 11.3. The van der Waals surface area contributed by atoms with E-state index < -0.39 is 15.6 Å². The zero-order valence-corrected chi connectivity index (χ0v) is 11.4. The molecule has 1 atom stereocenters. The maximum Gasteiger partial charge on any atom is 0.303 e. The Labute approximate surface area is 112 Å². The van der Waals surface area contributed by atoms with Gasteiger partial charge in [0.15, 0.2) is 0 Å². The average Bonchev–Trinajstić information content (AvgIpc) is 2.37. The predicted octanol–water partition coefficient (Wildman–Crippen LogP) is 3.03. The molecule has 0 amide bonds. The highest BCUT2D eigenvalue weighted by Gasteiger charge is 2.24. The van der Waals surface area contributed by atoms with E-state index in [0.29, 0.717) is 12.2 Å². The van der Waals surface area contributed by atoms with Gasteiger partial charge >= 0.3 is 10.1 Å². The second kappa shape index (κ2) is 5.59. The van der Waals surface area contributed by atoms with Gasteiger partial charge < -0.3 is 4.74 Å². The Bertz CT molecular complexity index is 659. The van der Waals surface area contributed by atoms with E-state index >= 15 is 0 Å². The number of benzene rings is 2. The van der Waals surface area contributed by atoms with E-state index in [4.69, 9.17) is 4.74 Å². The monoisotopic (exact) mass is 279 g/mol. The van der Waals surface area contributed by atoms with Crippen molar-refractivity contribution >= 4 is 20.9 Å². The predicted molar refractivity (Wildman–Crippen MR) is 73.7 cm³/mol. The molecule has 0 aliphatic carbocycles. The molecule has 0 saturated carbocycles. The SMILES string of the molecule is CCCC(Oc1[c]ccc2ccccc12)S(=O)(=O)O. The van der Waals surface area contributed by atoms with Crippen molar-refractivity contribution in [2.24, 2.45) is 0 Å². The molecule has 0 aliphatic rings. The van der Waals surface area contributed by atoms with Gasteiger partial charge in [0, 0.05) is 17.9 Å². The molecule has 0 heterocycles. The summed E-state index contributed by atoms with van der Waals surface area (Å²) in [7, 11) is -4.24. The van der Waals surface area contributed by atoms with E-state index in [0.717, 1.165) is 10.8 Å². The lowest BCUT2D eigenvalue weighted by Crippen LogP contribution is -2.26. The first kappa shape index (κ1) is 13.8. The fourth-order valence-corrected chi connectivity index (χ4v) is 2.62. The van der Waals surface area contributed by atoms with Crippen LogP contribution in [0.2, 0.25) is 0 Å². The minimum Gasteiger partial charge on any atom is -0.471 e. The lowest BCUT2D eigenvalue weighted by molar-refractivity contribution is 0.248. The van der Waals surface area contributed by atoms with Crippen molar-refractivity contribution in [1.29, 1.82) is 0 Å². The van der Waals surface area contributed by atoms with Crippen molar-refractivity contribution in [3.63, 3.8) is 0 Å². The van der Waals surface area contributed by atoms with Crippen LogP contribution in [0.4, 0.5) is 0 Å². The van der Waals surface area contributed by atoms with Gasteiger partial charge in [0.25, 0.3) is 0 Å². The molecule has 0 saturated heterocycles. The van der Waals surface area contributed by atoms with Crippen molar-refractivity contribution in [3.05, 3.63) is 42.5 Å². The lowest BCUT2D eigenvalue weighted by atomic mass is 10.1. The van der Waals surface area contributed by atoms with Crippen LogP contribution in [0.3, 0.4) is 0 Å². The van der Waals surface area contributed by atoms with Crippen LogP contribution < -0.4 is 4.74 Å². The fraction of sp³-hybridized carbons (Fsp3) is 0.286. The molecule has 2 aromatic rings. The van der Waals surface area contributed by atoms with E-state index in [1.165, 1.54) is 0 Å². The summed E-state index contributed by atoms with van der Waals surface area (Å²) in [6, 6.07) is 13.9. The van der Waals surface area contributed by atoms with Crippen molar-refractivity contribution in [3.8, 4) is 5.75 Å². The normalized spacial score (nSPS) is 13.4. The molecule has 19 heavy (non-hydrogen) atoms. The third-order valence-corrected chi connectivity index (χ3v) is 3.78. The molecule has 2 rings (SSSR count). The molecule has 0 fully saturated rings. The van der Waals surface area contributed by atoms with Crippen LogP contribution in [0, 0.1) is 6.07 Å². The summed E-state index contributed by atoms with van der Waals surface area (Å²) in [4.78, 5) is 0. The highest BCUT2D eigenvalue weighted by Crippen LogP contribution is 2.27. The molecule has 2 aromatic carbocycles. The van der Waals surface area contributed by atoms with Crippen LogP contribution in [0.15, 0.2) is 36.4 Å². The quantitative estimate of drug-likeness (QED) is 0.854. The first-order valence-electron chi connectivity index (χ1n) is 6.04. The number of ether oxygens (including phenoxy) is 1. The molecule has 1 unspecified atom stereocenters. The Morgan fingerprint density at radius 3 is 2.74 bits per heavy atom. The van der Waals surface area contributed by atoms with Crippen molar-refractivity contribution < 1.29 is 17.7 Å². The van der Waals surface area contributed by atoms with Crippen molar-refractivity contribution in [1.82, 2.24) is 0 Å². The lowest BCUT2D eigenvalue weighted by Gasteiger charge is -2.16. The Morgan fingerprint density at radius 1 is 1.32 bits per heavy atom. The highest BCUT2D eigenvalue weighted by molar-refractivity contribution is 7.86. The largest absolute Gasteiger partial charge is 0.471 e. The highest BCUT2D eigenvalue weighted by atomic mass is 32.2. The van der Waals surface area contributed by atoms with E-state index in [1.54, 1.807) is 6.07 Å². The van der Waals surface area contributed by atoms with Crippen LogP contribution in [0.25, 0.3) is 10.8 Å². The average molecular weight is 279 g/mol. The van der Waals surface area contributed by atoms with E-state index in [1.807, 2.05) is 37.3 Å². The molecule has 0 aromatic heterocycles. The Hall–Kier alpha value is -1.59. The minimum absolute atomic E-state index is 0.232. The first-order valence-corrected chi connectivity index (χ1v) is 7.55. The summed E-state index contributed by atoms with van der Waals surface area (Å²) < 4.78 is 37.2. The van der Waals surface area contributed by atoms with Crippen molar-refractivity contribution in [2.45, 2.75) is 25.2 Å². The Morgan fingerprint density at radius 2 is 2.05 bits per heavy atom. The summed E-state index contributed by atoms with van der Waals surface area (Å²) in [5, 5.41) is 1.71. The third-order valence-electron chi connectivity index (χ3n) is 2.79. The third kappa shape index (κ3) is 3.24. The van der Waals surface area contributed by atoms with Gasteiger partial charge in [-0.2, -0.15) is 8.42 Å². The van der Waals surface area contributed by atoms with E-state index in [2.05, 4.69) is 6.07 Å². The molecule has 5 heteroatoms. The molecule has 101 valence electrons. The van der Waals surface area contributed by atoms with Gasteiger partial charge in [-0.05, 0) is 11.5 Å². The molecule has 0 bridgehead atoms. The number of hydrogen-bond acceptors (Lipinski definition) is 3. The van der Waals surface area contributed by atoms with Crippen LogP contribution in [0.1, 0.15) is 19.8 Å². The van der Waals surface area contributed by atoms with Gasteiger partial charge in [-0.25, -0.2) is 0 Å². The van der Waals surface area contributed by atoms with Crippen LogP contribution in [0.5, 0.6) is 5.75 Å². The van der Waals surface area contributed by atoms with Gasteiger partial charge in [0.2, 0.25) is 5.44 Å². The Kier molecular flexibility index (Phi) is 4.07.